The highest BCUT2D eigenvalue weighted by Gasteiger charge is 2.36. The van der Waals surface area contributed by atoms with E-state index in [1.54, 1.807) is 0 Å². The number of piperidine rings is 1. The minimum absolute atomic E-state index is 0.218. The molecular weight excluding hydrogens is 216 g/mol. The zero-order valence-electron chi connectivity index (χ0n) is 11.0. The SMILES string of the molecule is CC1CCNC(C(C)(O)CC2COCCN2)C1. The van der Waals surface area contributed by atoms with Gasteiger partial charge in [-0.3, -0.25) is 0 Å². The summed E-state index contributed by atoms with van der Waals surface area (Å²) in [7, 11) is 0. The molecule has 0 amide bonds. The molecule has 4 atom stereocenters. The van der Waals surface area contributed by atoms with Gasteiger partial charge in [-0.1, -0.05) is 6.92 Å². The smallest absolute Gasteiger partial charge is 0.0787 e. The highest BCUT2D eigenvalue weighted by atomic mass is 16.5. The number of nitrogens with one attached hydrogen (secondary N) is 2. The van der Waals surface area contributed by atoms with E-state index in [4.69, 9.17) is 4.74 Å². The van der Waals surface area contributed by atoms with Crippen LogP contribution in [0.4, 0.5) is 0 Å². The van der Waals surface area contributed by atoms with Crippen molar-refractivity contribution in [3.63, 3.8) is 0 Å². The first kappa shape index (κ1) is 13.3. The predicted octanol–water partition coefficient (Wildman–Crippen LogP) is 0.504. The molecule has 4 nitrogen and oxygen atoms in total. The van der Waals surface area contributed by atoms with Crippen molar-refractivity contribution in [1.29, 1.82) is 0 Å². The van der Waals surface area contributed by atoms with Gasteiger partial charge >= 0.3 is 0 Å². The first-order valence-electron chi connectivity index (χ1n) is 6.85. The lowest BCUT2D eigenvalue weighted by Crippen LogP contribution is -2.56. The highest BCUT2D eigenvalue weighted by Crippen LogP contribution is 2.27. The van der Waals surface area contributed by atoms with Crippen LogP contribution in [0.1, 0.15) is 33.1 Å². The van der Waals surface area contributed by atoms with Crippen LogP contribution in [-0.4, -0.2) is 49.1 Å². The van der Waals surface area contributed by atoms with Gasteiger partial charge < -0.3 is 20.5 Å². The molecule has 2 saturated heterocycles. The van der Waals surface area contributed by atoms with Gasteiger partial charge in [-0.15, -0.1) is 0 Å². The summed E-state index contributed by atoms with van der Waals surface area (Å²) in [5.41, 5.74) is -0.646. The molecule has 3 N–H and O–H groups in total. The summed E-state index contributed by atoms with van der Waals surface area (Å²) in [4.78, 5) is 0. The molecule has 0 saturated carbocycles. The standard InChI is InChI=1S/C13H26N2O2/c1-10-3-4-15-12(7-10)13(2,16)8-11-9-17-6-5-14-11/h10-12,14-16H,3-9H2,1-2H3. The molecule has 2 aliphatic rings. The van der Waals surface area contributed by atoms with Crippen molar-refractivity contribution >= 4 is 0 Å². The van der Waals surface area contributed by atoms with Gasteiger partial charge in [0.15, 0.2) is 0 Å². The van der Waals surface area contributed by atoms with Crippen molar-refractivity contribution in [2.75, 3.05) is 26.3 Å². The monoisotopic (exact) mass is 242 g/mol. The van der Waals surface area contributed by atoms with Crippen LogP contribution >= 0.6 is 0 Å². The molecule has 2 heterocycles. The Kier molecular flexibility index (Phi) is 4.42. The van der Waals surface area contributed by atoms with E-state index < -0.39 is 5.60 Å². The van der Waals surface area contributed by atoms with Crippen LogP contribution in [0, 0.1) is 5.92 Å². The Bertz CT molecular complexity index is 240. The molecule has 0 bridgehead atoms. The molecule has 17 heavy (non-hydrogen) atoms. The molecule has 2 fully saturated rings. The van der Waals surface area contributed by atoms with Crippen LogP contribution in [0.2, 0.25) is 0 Å². The summed E-state index contributed by atoms with van der Waals surface area (Å²) in [5.74, 6) is 0.711. The van der Waals surface area contributed by atoms with Crippen molar-refractivity contribution in [2.24, 2.45) is 5.92 Å². The number of rotatable bonds is 3. The first-order chi connectivity index (χ1) is 8.08. The van der Waals surface area contributed by atoms with Gasteiger partial charge in [0.05, 0.1) is 18.8 Å². The second-order valence-corrected chi connectivity index (χ2v) is 5.92. The van der Waals surface area contributed by atoms with E-state index in [9.17, 15) is 5.11 Å². The average molecular weight is 242 g/mol. The van der Waals surface area contributed by atoms with E-state index in [2.05, 4.69) is 17.6 Å². The molecular formula is C13H26N2O2. The molecule has 2 rings (SSSR count). The van der Waals surface area contributed by atoms with Crippen LogP contribution in [0.3, 0.4) is 0 Å². The Labute approximate surface area is 104 Å². The van der Waals surface area contributed by atoms with Gasteiger partial charge in [0.25, 0.3) is 0 Å². The summed E-state index contributed by atoms with van der Waals surface area (Å²) < 4.78 is 5.44. The zero-order valence-corrected chi connectivity index (χ0v) is 11.0. The lowest BCUT2D eigenvalue weighted by Gasteiger charge is -2.41. The van der Waals surface area contributed by atoms with Gasteiger partial charge in [-0.2, -0.15) is 0 Å². The van der Waals surface area contributed by atoms with Crippen molar-refractivity contribution in [1.82, 2.24) is 10.6 Å². The maximum atomic E-state index is 10.7. The van der Waals surface area contributed by atoms with Crippen molar-refractivity contribution in [3.8, 4) is 0 Å². The van der Waals surface area contributed by atoms with Gasteiger partial charge in [0.2, 0.25) is 0 Å². The van der Waals surface area contributed by atoms with Crippen molar-refractivity contribution in [3.05, 3.63) is 0 Å². The summed E-state index contributed by atoms with van der Waals surface area (Å²) in [6.45, 7) is 7.66. The molecule has 0 radical (unpaired) electrons. The summed E-state index contributed by atoms with van der Waals surface area (Å²) >= 11 is 0. The largest absolute Gasteiger partial charge is 0.388 e. The number of ether oxygens (including phenoxy) is 1. The number of hydrogen-bond donors (Lipinski definition) is 3. The highest BCUT2D eigenvalue weighted by molar-refractivity contribution is 4.94. The van der Waals surface area contributed by atoms with E-state index in [1.807, 2.05) is 6.92 Å². The van der Waals surface area contributed by atoms with Crippen molar-refractivity contribution in [2.45, 2.75) is 50.8 Å². The Balaban J connectivity index is 1.87. The fraction of sp³-hybridized carbons (Fsp3) is 1.00. The van der Waals surface area contributed by atoms with E-state index >= 15 is 0 Å². The molecule has 0 aromatic carbocycles. The predicted molar refractivity (Wildman–Crippen MR) is 68.0 cm³/mol. The molecule has 0 aromatic rings. The average Bonchev–Trinajstić information content (AvgIpc) is 2.30. The van der Waals surface area contributed by atoms with Crippen molar-refractivity contribution < 1.29 is 9.84 Å². The Hall–Kier alpha value is -0.160. The minimum Gasteiger partial charge on any atom is -0.388 e. The van der Waals surface area contributed by atoms with Gasteiger partial charge in [-0.25, -0.2) is 0 Å². The van der Waals surface area contributed by atoms with Crippen LogP contribution in [0.15, 0.2) is 0 Å². The Morgan fingerprint density at radius 1 is 1.35 bits per heavy atom. The third-order valence-corrected chi connectivity index (χ3v) is 4.07. The Morgan fingerprint density at radius 2 is 2.18 bits per heavy atom. The topological polar surface area (TPSA) is 53.5 Å². The van der Waals surface area contributed by atoms with Crippen LogP contribution < -0.4 is 10.6 Å². The third-order valence-electron chi connectivity index (χ3n) is 4.07. The lowest BCUT2D eigenvalue weighted by atomic mass is 9.81. The molecule has 4 unspecified atom stereocenters. The van der Waals surface area contributed by atoms with Gasteiger partial charge in [-0.05, 0) is 38.6 Å². The number of aliphatic hydroxyl groups is 1. The van der Waals surface area contributed by atoms with Gasteiger partial charge in [0.1, 0.15) is 0 Å². The molecule has 100 valence electrons. The van der Waals surface area contributed by atoms with E-state index in [1.165, 1.54) is 6.42 Å². The maximum Gasteiger partial charge on any atom is 0.0787 e. The second kappa shape index (κ2) is 5.65. The molecule has 0 spiro atoms. The normalized spacial score (nSPS) is 38.6. The van der Waals surface area contributed by atoms with Crippen LogP contribution in [0.5, 0.6) is 0 Å². The summed E-state index contributed by atoms with van der Waals surface area (Å²) in [6.07, 6.45) is 3.05. The summed E-state index contributed by atoms with van der Waals surface area (Å²) in [5, 5.41) is 17.5. The fourth-order valence-corrected chi connectivity index (χ4v) is 2.97. The van der Waals surface area contributed by atoms with E-state index in [0.29, 0.717) is 5.92 Å². The lowest BCUT2D eigenvalue weighted by molar-refractivity contribution is -0.0296. The van der Waals surface area contributed by atoms with Crippen LogP contribution in [-0.2, 0) is 4.74 Å². The number of morpholine rings is 1. The molecule has 0 aliphatic carbocycles. The van der Waals surface area contributed by atoms with E-state index in [-0.39, 0.29) is 12.1 Å². The molecule has 2 aliphatic heterocycles. The van der Waals surface area contributed by atoms with E-state index in [0.717, 1.165) is 39.1 Å². The third kappa shape index (κ3) is 3.65. The zero-order chi connectivity index (χ0) is 12.3. The molecule has 0 aromatic heterocycles. The second-order valence-electron chi connectivity index (χ2n) is 5.92. The quantitative estimate of drug-likeness (QED) is 0.675. The fourth-order valence-electron chi connectivity index (χ4n) is 2.97. The maximum absolute atomic E-state index is 10.7. The van der Waals surface area contributed by atoms with Gasteiger partial charge in [0, 0.05) is 18.6 Å². The Morgan fingerprint density at radius 3 is 2.82 bits per heavy atom. The first-order valence-corrected chi connectivity index (χ1v) is 6.85. The van der Waals surface area contributed by atoms with Crippen LogP contribution in [0.25, 0.3) is 0 Å². The molecule has 4 heteroatoms. The number of hydrogen-bond acceptors (Lipinski definition) is 4. The minimum atomic E-state index is -0.646. The summed E-state index contributed by atoms with van der Waals surface area (Å²) in [6, 6.07) is 0.507.